The third-order valence-electron chi connectivity index (χ3n) is 4.02. The van der Waals surface area contributed by atoms with Gasteiger partial charge in [-0.1, -0.05) is 49.0 Å². The van der Waals surface area contributed by atoms with Crippen LogP contribution >= 0.6 is 11.8 Å². The molecule has 0 radical (unpaired) electrons. The van der Waals surface area contributed by atoms with Gasteiger partial charge in [0, 0.05) is 25.7 Å². The van der Waals surface area contributed by atoms with E-state index in [0.717, 1.165) is 42.4 Å². The van der Waals surface area contributed by atoms with Crippen LogP contribution in [0.15, 0.2) is 35.3 Å². The smallest absolute Gasteiger partial charge is 0.316 e. The van der Waals surface area contributed by atoms with Crippen LogP contribution in [0.25, 0.3) is 0 Å². The van der Waals surface area contributed by atoms with Crippen LogP contribution in [0.4, 0.5) is 4.79 Å². The van der Waals surface area contributed by atoms with E-state index in [0.29, 0.717) is 12.6 Å². The molecule has 1 aliphatic heterocycles. The average molecular weight is 364 g/mol. The van der Waals surface area contributed by atoms with Crippen molar-refractivity contribution in [2.75, 3.05) is 18.8 Å². The number of nitrogens with two attached hydrogens (primary N) is 1. The van der Waals surface area contributed by atoms with Crippen molar-refractivity contribution in [1.29, 1.82) is 0 Å². The van der Waals surface area contributed by atoms with E-state index in [1.165, 1.54) is 0 Å². The maximum atomic E-state index is 12.1. The van der Waals surface area contributed by atoms with Crippen molar-refractivity contribution in [2.24, 2.45) is 10.7 Å². The maximum absolute atomic E-state index is 12.1. The van der Waals surface area contributed by atoms with Crippen molar-refractivity contribution in [3.63, 3.8) is 0 Å². The Bertz CT molecular complexity index is 558. The van der Waals surface area contributed by atoms with Gasteiger partial charge in [0.1, 0.15) is 6.17 Å². The lowest BCUT2D eigenvalue weighted by molar-refractivity contribution is 0.237. The van der Waals surface area contributed by atoms with Crippen LogP contribution < -0.4 is 16.4 Å². The predicted octanol–water partition coefficient (Wildman–Crippen LogP) is 2.36. The van der Waals surface area contributed by atoms with E-state index in [2.05, 4.69) is 22.5 Å². The van der Waals surface area contributed by atoms with E-state index in [9.17, 15) is 4.79 Å². The first-order valence-corrected chi connectivity index (χ1v) is 9.86. The number of likely N-dealkylation sites (tertiary alicyclic amines) is 1. The molecule has 1 aliphatic rings. The molecule has 7 heteroatoms. The molecule has 2 rings (SSSR count). The molecule has 2 amide bonds. The Morgan fingerprint density at radius 2 is 2.04 bits per heavy atom. The summed E-state index contributed by atoms with van der Waals surface area (Å²) in [5.74, 6) is 0.953. The van der Waals surface area contributed by atoms with Gasteiger partial charge in [-0.2, -0.15) is 0 Å². The quantitative estimate of drug-likeness (QED) is 0.554. The van der Waals surface area contributed by atoms with Crippen LogP contribution in [0.5, 0.6) is 0 Å². The summed E-state index contributed by atoms with van der Waals surface area (Å²) < 4.78 is 0. The first kappa shape index (κ1) is 19.6. The topological polar surface area (TPSA) is 82.8 Å². The molecule has 0 spiro atoms. The standard InChI is InChI=1S/C18H29N5OS/c1-3-25-18(23-11-9-16(19)10-12-23)22-14(2)21-17(24)20-13-15-7-5-4-6-8-15/h4-8,14,16H,3,9-13,19H2,1-2H3,(H2,20,21,24)/b22-18-. The highest BCUT2D eigenvalue weighted by Gasteiger charge is 2.20. The molecule has 0 saturated carbocycles. The van der Waals surface area contributed by atoms with E-state index in [1.54, 1.807) is 11.8 Å². The van der Waals surface area contributed by atoms with Crippen molar-refractivity contribution in [1.82, 2.24) is 15.5 Å². The summed E-state index contributed by atoms with van der Waals surface area (Å²) in [6, 6.07) is 9.94. The number of hydrogen-bond donors (Lipinski definition) is 3. The summed E-state index contributed by atoms with van der Waals surface area (Å²) >= 11 is 1.71. The molecule has 4 N–H and O–H groups in total. The molecule has 0 bridgehead atoms. The lowest BCUT2D eigenvalue weighted by Crippen LogP contribution is -2.44. The second-order valence-electron chi connectivity index (χ2n) is 6.16. The number of thioether (sulfide) groups is 1. The van der Waals surface area contributed by atoms with Gasteiger partial charge in [-0.25, -0.2) is 9.79 Å². The van der Waals surface area contributed by atoms with Crippen molar-refractivity contribution >= 4 is 23.0 Å². The van der Waals surface area contributed by atoms with Gasteiger partial charge < -0.3 is 21.3 Å². The molecule has 0 aromatic heterocycles. The van der Waals surface area contributed by atoms with Crippen molar-refractivity contribution in [3.8, 4) is 0 Å². The highest BCUT2D eigenvalue weighted by atomic mass is 32.2. The Labute approximate surface area is 154 Å². The van der Waals surface area contributed by atoms with Crippen molar-refractivity contribution in [2.45, 2.75) is 45.4 Å². The van der Waals surface area contributed by atoms with Crippen molar-refractivity contribution in [3.05, 3.63) is 35.9 Å². The number of rotatable bonds is 5. The van der Waals surface area contributed by atoms with E-state index in [1.807, 2.05) is 37.3 Å². The largest absolute Gasteiger partial charge is 0.351 e. The van der Waals surface area contributed by atoms with Crippen LogP contribution in [0, 0.1) is 0 Å². The van der Waals surface area contributed by atoms with Gasteiger partial charge in [-0.15, -0.1) is 0 Å². The van der Waals surface area contributed by atoms with Gasteiger partial charge in [-0.3, -0.25) is 0 Å². The monoisotopic (exact) mass is 363 g/mol. The number of hydrogen-bond acceptors (Lipinski definition) is 4. The number of piperidine rings is 1. The average Bonchev–Trinajstić information content (AvgIpc) is 2.61. The van der Waals surface area contributed by atoms with Crippen LogP contribution in [0.1, 0.15) is 32.3 Å². The summed E-state index contributed by atoms with van der Waals surface area (Å²) in [5.41, 5.74) is 7.05. The second-order valence-corrected chi connectivity index (χ2v) is 7.39. The highest BCUT2D eigenvalue weighted by molar-refractivity contribution is 8.13. The molecular formula is C18H29N5OS. The fourth-order valence-electron chi connectivity index (χ4n) is 2.65. The summed E-state index contributed by atoms with van der Waals surface area (Å²) in [4.78, 5) is 19.0. The number of benzene rings is 1. The Kier molecular flexibility index (Phi) is 8.08. The van der Waals surface area contributed by atoms with Gasteiger partial charge in [0.15, 0.2) is 5.17 Å². The molecule has 1 saturated heterocycles. The van der Waals surface area contributed by atoms with Crippen molar-refractivity contribution < 1.29 is 4.79 Å². The minimum atomic E-state index is -0.277. The lowest BCUT2D eigenvalue weighted by atomic mass is 10.1. The number of nitrogens with zero attached hydrogens (tertiary/aromatic N) is 2. The van der Waals surface area contributed by atoms with Gasteiger partial charge in [0.05, 0.1) is 0 Å². The Balaban J connectivity index is 1.84. The number of amides is 2. The third-order valence-corrected chi connectivity index (χ3v) is 4.93. The molecule has 1 unspecified atom stereocenters. The van der Waals surface area contributed by atoms with E-state index >= 15 is 0 Å². The van der Waals surface area contributed by atoms with E-state index in [4.69, 9.17) is 10.7 Å². The number of amidine groups is 1. The Morgan fingerprint density at radius 3 is 2.68 bits per heavy atom. The maximum Gasteiger partial charge on any atom is 0.316 e. The minimum absolute atomic E-state index is 0.207. The molecule has 1 fully saturated rings. The SMILES string of the molecule is CCS/C(=N\C(C)NC(=O)NCc1ccccc1)N1CCC(N)CC1. The van der Waals surface area contributed by atoms with E-state index < -0.39 is 0 Å². The number of urea groups is 1. The molecular weight excluding hydrogens is 334 g/mol. The van der Waals surface area contributed by atoms with Crippen LogP contribution in [0.3, 0.4) is 0 Å². The lowest BCUT2D eigenvalue weighted by Gasteiger charge is -2.32. The number of carbonyl (C=O) groups excluding carboxylic acids is 1. The first-order chi connectivity index (χ1) is 12.1. The molecule has 1 aromatic carbocycles. The molecule has 6 nitrogen and oxygen atoms in total. The zero-order valence-electron chi connectivity index (χ0n) is 15.1. The number of aliphatic imine (C=N–C) groups is 1. The normalized spacial score (nSPS) is 17.2. The number of nitrogens with one attached hydrogen (secondary N) is 2. The molecule has 138 valence electrons. The molecule has 25 heavy (non-hydrogen) atoms. The fourth-order valence-corrected chi connectivity index (χ4v) is 3.50. The van der Waals surface area contributed by atoms with Gasteiger partial charge in [0.2, 0.25) is 0 Å². The number of carbonyl (C=O) groups is 1. The molecule has 1 aromatic rings. The summed E-state index contributed by atoms with van der Waals surface area (Å²) in [6.45, 7) is 6.37. The molecule has 1 heterocycles. The second kappa shape index (κ2) is 10.3. The summed E-state index contributed by atoms with van der Waals surface area (Å²) in [6.07, 6.45) is 1.70. The minimum Gasteiger partial charge on any atom is -0.351 e. The predicted molar refractivity (Wildman–Crippen MR) is 106 cm³/mol. The van der Waals surface area contributed by atoms with Gasteiger partial charge in [0.25, 0.3) is 0 Å². The van der Waals surface area contributed by atoms with Crippen LogP contribution in [-0.2, 0) is 6.54 Å². The summed E-state index contributed by atoms with van der Waals surface area (Å²) in [5, 5.41) is 6.74. The van der Waals surface area contributed by atoms with Crippen LogP contribution in [-0.4, -0.2) is 47.1 Å². The van der Waals surface area contributed by atoms with Gasteiger partial charge in [-0.05, 0) is 31.1 Å². The zero-order chi connectivity index (χ0) is 18.1. The Morgan fingerprint density at radius 1 is 1.36 bits per heavy atom. The zero-order valence-corrected chi connectivity index (χ0v) is 15.9. The molecule has 1 atom stereocenters. The highest BCUT2D eigenvalue weighted by Crippen LogP contribution is 2.16. The van der Waals surface area contributed by atoms with Gasteiger partial charge >= 0.3 is 6.03 Å². The first-order valence-electron chi connectivity index (χ1n) is 8.88. The Hall–Kier alpha value is -1.73. The third kappa shape index (κ3) is 6.96. The van der Waals surface area contributed by atoms with E-state index in [-0.39, 0.29) is 12.2 Å². The fraction of sp³-hybridized carbons (Fsp3) is 0.556. The van der Waals surface area contributed by atoms with Crippen LogP contribution in [0.2, 0.25) is 0 Å². The molecule has 0 aliphatic carbocycles. The summed E-state index contributed by atoms with van der Waals surface area (Å²) in [7, 11) is 0.